The molecule has 0 spiro atoms. The summed E-state index contributed by atoms with van der Waals surface area (Å²) in [6.07, 6.45) is 1.47. The quantitative estimate of drug-likeness (QED) is 0.362. The molecule has 4 aromatic rings. The van der Waals surface area contributed by atoms with E-state index in [1.54, 1.807) is 13.1 Å². The van der Waals surface area contributed by atoms with Crippen LogP contribution in [0.5, 0.6) is 0 Å². The Bertz CT molecular complexity index is 1330. The number of aromatic nitrogens is 2. The number of amides is 2. The second kappa shape index (κ2) is 11.0. The van der Waals surface area contributed by atoms with Crippen molar-refractivity contribution in [2.45, 2.75) is 27.7 Å². The van der Waals surface area contributed by atoms with Gasteiger partial charge in [0.25, 0.3) is 11.8 Å². The molecule has 7 nitrogen and oxygen atoms in total. The van der Waals surface area contributed by atoms with Gasteiger partial charge in [-0.25, -0.2) is 9.97 Å². The summed E-state index contributed by atoms with van der Waals surface area (Å²) in [7, 11) is 1.54. The van der Waals surface area contributed by atoms with E-state index in [0.29, 0.717) is 22.8 Å². The smallest absolute Gasteiger partial charge is 0.275 e. The molecule has 0 fully saturated rings. The summed E-state index contributed by atoms with van der Waals surface area (Å²) < 4.78 is 0. The second-order valence-electron chi connectivity index (χ2n) is 7.43. The number of fused-ring (bicyclic) bond motifs is 1. The van der Waals surface area contributed by atoms with Gasteiger partial charge in [0, 0.05) is 30.0 Å². The van der Waals surface area contributed by atoms with E-state index >= 15 is 0 Å². The zero-order valence-electron chi connectivity index (χ0n) is 20.1. The highest BCUT2D eigenvalue weighted by atomic mass is 16.2. The Morgan fingerprint density at radius 1 is 0.853 bits per heavy atom. The molecule has 2 heterocycles. The third-order valence-corrected chi connectivity index (χ3v) is 5.11. The molecule has 0 aliphatic carbocycles. The monoisotopic (exact) mass is 455 g/mol. The molecule has 7 heteroatoms. The van der Waals surface area contributed by atoms with Crippen LogP contribution in [0.25, 0.3) is 10.8 Å². The van der Waals surface area contributed by atoms with Gasteiger partial charge in [0.1, 0.15) is 5.69 Å². The fourth-order valence-electron chi connectivity index (χ4n) is 3.46. The van der Waals surface area contributed by atoms with Gasteiger partial charge in [-0.05, 0) is 43.0 Å². The van der Waals surface area contributed by atoms with Crippen molar-refractivity contribution in [3.63, 3.8) is 0 Å². The Labute approximate surface area is 199 Å². The average Bonchev–Trinajstić information content (AvgIpc) is 2.86. The number of hydrogen-bond acceptors (Lipinski definition) is 5. The Morgan fingerprint density at radius 3 is 2.29 bits per heavy atom. The molecule has 0 aliphatic heterocycles. The molecular weight excluding hydrogens is 426 g/mol. The van der Waals surface area contributed by atoms with Crippen molar-refractivity contribution in [3.05, 3.63) is 89.4 Å². The molecular formula is C27H29N5O2. The lowest BCUT2D eigenvalue weighted by molar-refractivity contribution is 0.0961. The zero-order chi connectivity index (χ0) is 24.7. The van der Waals surface area contributed by atoms with E-state index in [0.717, 1.165) is 27.7 Å². The number of anilines is 3. The average molecular weight is 456 g/mol. The van der Waals surface area contributed by atoms with Crippen LogP contribution in [0.1, 0.15) is 46.0 Å². The van der Waals surface area contributed by atoms with Crippen molar-refractivity contribution in [2.24, 2.45) is 0 Å². The number of nitrogens with zero attached hydrogens (tertiary/aromatic N) is 2. The van der Waals surface area contributed by atoms with Gasteiger partial charge >= 0.3 is 0 Å². The lowest BCUT2D eigenvalue weighted by atomic mass is 10.1. The van der Waals surface area contributed by atoms with E-state index in [1.807, 2.05) is 82.3 Å². The number of aryl methyl sites for hydroxylation is 2. The molecule has 0 aliphatic rings. The fraction of sp³-hybridized carbons (Fsp3) is 0.185. The highest BCUT2D eigenvalue weighted by Gasteiger charge is 2.17. The number of benzene rings is 2. The number of carbonyl (C=O) groups is 2. The SMILES string of the molecule is CC.CNC(=O)c1cnc(Nc2ccccc2C)c(NC(=O)c2nc(C)cc3ccccc23)c1. The Kier molecular flexibility index (Phi) is 7.92. The van der Waals surface area contributed by atoms with Gasteiger partial charge in [-0.15, -0.1) is 0 Å². The van der Waals surface area contributed by atoms with Crippen LogP contribution in [0, 0.1) is 13.8 Å². The molecule has 34 heavy (non-hydrogen) atoms. The molecule has 0 unspecified atom stereocenters. The minimum absolute atomic E-state index is 0.297. The Balaban J connectivity index is 0.00000158. The zero-order valence-corrected chi connectivity index (χ0v) is 20.1. The van der Waals surface area contributed by atoms with Crippen molar-refractivity contribution in [3.8, 4) is 0 Å². The van der Waals surface area contributed by atoms with Crippen molar-refractivity contribution < 1.29 is 9.59 Å². The van der Waals surface area contributed by atoms with Crippen molar-refractivity contribution >= 4 is 39.8 Å². The van der Waals surface area contributed by atoms with Crippen molar-refractivity contribution in [1.29, 1.82) is 0 Å². The molecule has 0 atom stereocenters. The van der Waals surface area contributed by atoms with Crippen LogP contribution < -0.4 is 16.0 Å². The second-order valence-corrected chi connectivity index (χ2v) is 7.43. The van der Waals surface area contributed by atoms with Crippen LogP contribution in [0.2, 0.25) is 0 Å². The summed E-state index contributed by atoms with van der Waals surface area (Å²) >= 11 is 0. The van der Waals surface area contributed by atoms with Crippen LogP contribution >= 0.6 is 0 Å². The lowest BCUT2D eigenvalue weighted by Crippen LogP contribution is -2.20. The Hall–Kier alpha value is -4.26. The lowest BCUT2D eigenvalue weighted by Gasteiger charge is -2.15. The van der Waals surface area contributed by atoms with Crippen LogP contribution in [-0.4, -0.2) is 28.8 Å². The molecule has 4 rings (SSSR count). The molecule has 0 radical (unpaired) electrons. The summed E-state index contributed by atoms with van der Waals surface area (Å²) in [5, 5.41) is 10.4. The summed E-state index contributed by atoms with van der Waals surface area (Å²) in [5.41, 5.74) is 3.64. The van der Waals surface area contributed by atoms with Gasteiger partial charge in [0.05, 0.1) is 11.3 Å². The van der Waals surface area contributed by atoms with Crippen LogP contribution in [0.4, 0.5) is 17.2 Å². The summed E-state index contributed by atoms with van der Waals surface area (Å²) in [4.78, 5) is 34.3. The van der Waals surface area contributed by atoms with Gasteiger partial charge in [-0.1, -0.05) is 56.3 Å². The first-order valence-electron chi connectivity index (χ1n) is 11.2. The third kappa shape index (κ3) is 5.38. The van der Waals surface area contributed by atoms with E-state index in [-0.39, 0.29) is 11.8 Å². The Morgan fingerprint density at radius 2 is 1.56 bits per heavy atom. The van der Waals surface area contributed by atoms with Crippen LogP contribution in [-0.2, 0) is 0 Å². The first kappa shape index (κ1) is 24.4. The number of rotatable bonds is 5. The maximum Gasteiger partial charge on any atom is 0.275 e. The number of pyridine rings is 2. The molecule has 0 saturated carbocycles. The number of hydrogen-bond donors (Lipinski definition) is 3. The molecule has 2 amide bonds. The minimum atomic E-state index is -0.381. The van der Waals surface area contributed by atoms with Crippen molar-refractivity contribution in [1.82, 2.24) is 15.3 Å². The normalized spacial score (nSPS) is 10.1. The fourth-order valence-corrected chi connectivity index (χ4v) is 3.46. The maximum atomic E-state index is 13.3. The van der Waals surface area contributed by atoms with Gasteiger partial charge in [-0.3, -0.25) is 9.59 Å². The molecule has 0 saturated heterocycles. The number of nitrogens with one attached hydrogen (secondary N) is 3. The summed E-state index contributed by atoms with van der Waals surface area (Å²) in [6, 6.07) is 18.9. The minimum Gasteiger partial charge on any atom is -0.355 e. The standard InChI is InChI=1S/C25H23N5O2.C2H6/c1-15-8-4-7-11-20(15)29-23-21(13-18(14-27-23)24(31)26-3)30-25(32)22-19-10-6-5-9-17(19)12-16(2)28-22;1-2/h4-14H,1-3H3,(H,26,31)(H,27,29)(H,30,32);1-2H3. The molecule has 2 aromatic heterocycles. The number of para-hydroxylation sites is 1. The van der Waals surface area contributed by atoms with Crippen molar-refractivity contribution in [2.75, 3.05) is 17.7 Å². The predicted molar refractivity (Wildman–Crippen MR) is 138 cm³/mol. The first-order chi connectivity index (χ1) is 16.5. The van der Waals surface area contributed by atoms with Gasteiger partial charge < -0.3 is 16.0 Å². The van der Waals surface area contributed by atoms with E-state index < -0.39 is 0 Å². The van der Waals surface area contributed by atoms with E-state index in [9.17, 15) is 9.59 Å². The van der Waals surface area contributed by atoms with E-state index in [2.05, 4.69) is 25.9 Å². The van der Waals surface area contributed by atoms with Gasteiger partial charge in [0.15, 0.2) is 5.82 Å². The largest absolute Gasteiger partial charge is 0.355 e. The maximum absolute atomic E-state index is 13.3. The highest BCUT2D eigenvalue weighted by molar-refractivity contribution is 6.12. The number of carbonyl (C=O) groups excluding carboxylic acids is 2. The molecule has 2 aromatic carbocycles. The predicted octanol–water partition coefficient (Wildman–Crippen LogP) is 5.63. The third-order valence-electron chi connectivity index (χ3n) is 5.11. The first-order valence-corrected chi connectivity index (χ1v) is 11.2. The van der Waals surface area contributed by atoms with Crippen LogP contribution in [0.15, 0.2) is 66.9 Å². The topological polar surface area (TPSA) is 96.0 Å². The molecule has 0 bridgehead atoms. The highest BCUT2D eigenvalue weighted by Crippen LogP contribution is 2.27. The van der Waals surface area contributed by atoms with E-state index in [1.165, 1.54) is 6.20 Å². The summed E-state index contributed by atoms with van der Waals surface area (Å²) in [5.74, 6) is -0.250. The molecule has 174 valence electrons. The molecule has 3 N–H and O–H groups in total. The van der Waals surface area contributed by atoms with E-state index in [4.69, 9.17) is 0 Å². The van der Waals surface area contributed by atoms with Crippen LogP contribution in [0.3, 0.4) is 0 Å². The van der Waals surface area contributed by atoms with Gasteiger partial charge in [0.2, 0.25) is 0 Å². The van der Waals surface area contributed by atoms with Gasteiger partial charge in [-0.2, -0.15) is 0 Å². The summed E-state index contributed by atoms with van der Waals surface area (Å²) in [6.45, 7) is 7.82.